The summed E-state index contributed by atoms with van der Waals surface area (Å²) < 4.78 is 7.76. The topological polar surface area (TPSA) is 73.2 Å². The summed E-state index contributed by atoms with van der Waals surface area (Å²) >= 11 is 3.36. The summed E-state index contributed by atoms with van der Waals surface area (Å²) in [6.45, 7) is 6.47. The second-order valence-electron chi connectivity index (χ2n) is 6.33. The van der Waals surface area contributed by atoms with Crippen LogP contribution in [0.2, 0.25) is 0 Å². The van der Waals surface area contributed by atoms with Crippen molar-refractivity contribution in [3.05, 3.63) is 39.4 Å². The first-order chi connectivity index (χ1) is 12.0. The average molecular weight is 410 g/mol. The van der Waals surface area contributed by atoms with Gasteiger partial charge in [0.1, 0.15) is 0 Å². The molecule has 1 N–H and O–H groups in total. The van der Waals surface area contributed by atoms with Crippen molar-refractivity contribution in [2.45, 2.75) is 33.2 Å². The smallest absolute Gasteiger partial charge is 0.261 e. The number of fused-ring (bicyclic) bond motifs is 1. The van der Waals surface area contributed by atoms with Crippen LogP contribution in [0.4, 0.5) is 0 Å². The number of ether oxygens (including phenoxy) is 1. The number of aryl methyl sites for hydroxylation is 1. The Morgan fingerprint density at radius 3 is 2.96 bits per heavy atom. The first kappa shape index (κ1) is 19.6. The van der Waals surface area contributed by atoms with E-state index in [2.05, 4.69) is 40.1 Å². The molecule has 0 unspecified atom stereocenters. The number of benzene rings is 1. The number of carbonyl (C=O) groups is 1. The second kappa shape index (κ2) is 9.68. The van der Waals surface area contributed by atoms with Gasteiger partial charge in [0, 0.05) is 37.2 Å². The van der Waals surface area contributed by atoms with Gasteiger partial charge < -0.3 is 10.1 Å². The van der Waals surface area contributed by atoms with Crippen molar-refractivity contribution in [3.63, 3.8) is 0 Å². The molecule has 0 aliphatic heterocycles. The molecule has 7 heteroatoms. The summed E-state index contributed by atoms with van der Waals surface area (Å²) in [5, 5.41) is 3.39. The number of halogens is 1. The third-order valence-corrected chi connectivity index (χ3v) is 4.10. The SMILES string of the molecule is CC(C)COCCCNC(=O)CCn1cnc2ccc(Br)cc2c1=O. The van der Waals surface area contributed by atoms with Gasteiger partial charge in [-0.1, -0.05) is 29.8 Å². The van der Waals surface area contributed by atoms with E-state index in [1.54, 1.807) is 12.1 Å². The molecule has 0 aliphatic rings. The minimum atomic E-state index is -0.138. The highest BCUT2D eigenvalue weighted by Gasteiger charge is 2.07. The number of rotatable bonds is 9. The fourth-order valence-corrected chi connectivity index (χ4v) is 2.68. The third-order valence-electron chi connectivity index (χ3n) is 3.60. The molecule has 136 valence electrons. The van der Waals surface area contributed by atoms with Gasteiger partial charge in [0.25, 0.3) is 5.56 Å². The quantitative estimate of drug-likeness (QED) is 0.646. The number of nitrogens with zero attached hydrogens (tertiary/aromatic N) is 2. The van der Waals surface area contributed by atoms with Gasteiger partial charge >= 0.3 is 0 Å². The van der Waals surface area contributed by atoms with E-state index in [0.717, 1.165) is 17.5 Å². The fraction of sp³-hybridized carbons (Fsp3) is 0.500. The molecule has 2 rings (SSSR count). The maximum Gasteiger partial charge on any atom is 0.261 e. The Hall–Kier alpha value is -1.73. The molecule has 2 aromatic rings. The predicted molar refractivity (Wildman–Crippen MR) is 102 cm³/mol. The van der Waals surface area contributed by atoms with Crippen LogP contribution in [0.15, 0.2) is 33.8 Å². The van der Waals surface area contributed by atoms with Crippen LogP contribution in [0.25, 0.3) is 10.9 Å². The van der Waals surface area contributed by atoms with Crippen molar-refractivity contribution in [2.75, 3.05) is 19.8 Å². The molecule has 0 bridgehead atoms. The molecule has 0 spiro atoms. The van der Waals surface area contributed by atoms with E-state index in [4.69, 9.17) is 4.74 Å². The Balaban J connectivity index is 1.79. The van der Waals surface area contributed by atoms with E-state index < -0.39 is 0 Å². The first-order valence-corrected chi connectivity index (χ1v) is 9.26. The van der Waals surface area contributed by atoms with Crippen molar-refractivity contribution in [1.29, 1.82) is 0 Å². The zero-order valence-corrected chi connectivity index (χ0v) is 16.2. The summed E-state index contributed by atoms with van der Waals surface area (Å²) in [5.41, 5.74) is 0.511. The van der Waals surface area contributed by atoms with Crippen molar-refractivity contribution in [1.82, 2.24) is 14.9 Å². The molecular formula is C18H24BrN3O3. The molecule has 0 saturated carbocycles. The highest BCUT2D eigenvalue weighted by Crippen LogP contribution is 2.14. The normalized spacial score (nSPS) is 11.2. The molecule has 0 aliphatic carbocycles. The van der Waals surface area contributed by atoms with E-state index >= 15 is 0 Å². The summed E-state index contributed by atoms with van der Waals surface area (Å²) in [4.78, 5) is 28.6. The highest BCUT2D eigenvalue weighted by molar-refractivity contribution is 9.10. The monoisotopic (exact) mass is 409 g/mol. The minimum absolute atomic E-state index is 0.0786. The molecule has 1 aromatic heterocycles. The lowest BCUT2D eigenvalue weighted by Crippen LogP contribution is -2.28. The molecule has 6 nitrogen and oxygen atoms in total. The number of aromatic nitrogens is 2. The summed E-state index contributed by atoms with van der Waals surface area (Å²) in [6, 6.07) is 5.38. The number of nitrogens with one attached hydrogen (secondary N) is 1. The maximum atomic E-state index is 12.4. The van der Waals surface area contributed by atoms with Crippen molar-refractivity contribution < 1.29 is 9.53 Å². The van der Waals surface area contributed by atoms with Gasteiger partial charge in [-0.15, -0.1) is 0 Å². The van der Waals surface area contributed by atoms with Crippen LogP contribution in [-0.4, -0.2) is 35.2 Å². The lowest BCUT2D eigenvalue weighted by atomic mass is 10.2. The van der Waals surface area contributed by atoms with Gasteiger partial charge in [-0.2, -0.15) is 0 Å². The zero-order valence-electron chi connectivity index (χ0n) is 14.6. The second-order valence-corrected chi connectivity index (χ2v) is 7.24. The Morgan fingerprint density at radius 2 is 2.20 bits per heavy atom. The van der Waals surface area contributed by atoms with Gasteiger partial charge in [-0.3, -0.25) is 14.2 Å². The Bertz CT molecular complexity index is 774. The lowest BCUT2D eigenvalue weighted by molar-refractivity contribution is -0.121. The van der Waals surface area contributed by atoms with Crippen molar-refractivity contribution >= 4 is 32.7 Å². The van der Waals surface area contributed by atoms with Crippen LogP contribution in [0.5, 0.6) is 0 Å². The average Bonchev–Trinajstić information content (AvgIpc) is 2.57. The van der Waals surface area contributed by atoms with Gasteiger partial charge in [-0.05, 0) is 30.5 Å². The molecule has 0 radical (unpaired) electrons. The Kier molecular flexibility index (Phi) is 7.58. The summed E-state index contributed by atoms with van der Waals surface area (Å²) in [7, 11) is 0. The van der Waals surface area contributed by atoms with Crippen LogP contribution in [0, 0.1) is 5.92 Å². The lowest BCUT2D eigenvalue weighted by Gasteiger charge is -2.09. The molecule has 0 atom stereocenters. The minimum Gasteiger partial charge on any atom is -0.381 e. The zero-order chi connectivity index (χ0) is 18.2. The molecule has 1 amide bonds. The highest BCUT2D eigenvalue weighted by atomic mass is 79.9. The van der Waals surface area contributed by atoms with E-state index in [-0.39, 0.29) is 17.9 Å². The Labute approximate surface area is 155 Å². The largest absolute Gasteiger partial charge is 0.381 e. The molecular weight excluding hydrogens is 386 g/mol. The fourth-order valence-electron chi connectivity index (χ4n) is 2.32. The van der Waals surface area contributed by atoms with E-state index in [1.165, 1.54) is 10.9 Å². The number of hydrogen-bond acceptors (Lipinski definition) is 4. The number of amides is 1. The van der Waals surface area contributed by atoms with Crippen LogP contribution in [-0.2, 0) is 16.1 Å². The molecule has 1 heterocycles. The Morgan fingerprint density at radius 1 is 1.40 bits per heavy atom. The molecule has 0 fully saturated rings. The standard InChI is InChI=1S/C18H24BrN3O3/c1-13(2)11-25-9-3-7-20-17(23)6-8-22-12-21-16-5-4-14(19)10-15(16)18(22)24/h4-5,10,12-13H,3,6-9,11H2,1-2H3,(H,20,23). The first-order valence-electron chi connectivity index (χ1n) is 8.46. The van der Waals surface area contributed by atoms with Crippen LogP contribution in [0.3, 0.4) is 0 Å². The van der Waals surface area contributed by atoms with Crippen molar-refractivity contribution in [3.8, 4) is 0 Å². The van der Waals surface area contributed by atoms with Gasteiger partial charge in [0.2, 0.25) is 5.91 Å². The number of carbonyl (C=O) groups excluding carboxylic acids is 1. The van der Waals surface area contributed by atoms with Crippen LogP contribution < -0.4 is 10.9 Å². The molecule has 25 heavy (non-hydrogen) atoms. The van der Waals surface area contributed by atoms with Crippen LogP contribution >= 0.6 is 15.9 Å². The molecule has 0 saturated heterocycles. The predicted octanol–water partition coefficient (Wildman–Crippen LogP) is 2.73. The van der Waals surface area contributed by atoms with Gasteiger partial charge in [0.15, 0.2) is 0 Å². The van der Waals surface area contributed by atoms with Crippen molar-refractivity contribution in [2.24, 2.45) is 5.92 Å². The maximum absolute atomic E-state index is 12.4. The van der Waals surface area contributed by atoms with Gasteiger partial charge in [0.05, 0.1) is 17.2 Å². The summed E-state index contributed by atoms with van der Waals surface area (Å²) in [5.74, 6) is 0.439. The van der Waals surface area contributed by atoms with E-state index in [9.17, 15) is 9.59 Å². The van der Waals surface area contributed by atoms with Gasteiger partial charge in [-0.25, -0.2) is 4.98 Å². The number of hydrogen-bond donors (Lipinski definition) is 1. The van der Waals surface area contributed by atoms with E-state index in [1.807, 2.05) is 6.07 Å². The van der Waals surface area contributed by atoms with E-state index in [0.29, 0.717) is 36.5 Å². The third kappa shape index (κ3) is 6.25. The summed E-state index contributed by atoms with van der Waals surface area (Å²) in [6.07, 6.45) is 2.52. The molecule has 1 aromatic carbocycles. The van der Waals surface area contributed by atoms with Crippen LogP contribution in [0.1, 0.15) is 26.7 Å².